The zero-order valence-electron chi connectivity index (χ0n) is 17.9. The van der Waals surface area contributed by atoms with Crippen LogP contribution in [0.4, 0.5) is 16.2 Å². The second-order valence-electron chi connectivity index (χ2n) is 7.27. The lowest BCUT2D eigenvalue weighted by molar-refractivity contribution is -0.384. The molecule has 1 fully saturated rings. The van der Waals surface area contributed by atoms with E-state index in [-0.39, 0.29) is 10.9 Å². The Balaban J connectivity index is 1.72. The number of non-ortho nitro benzene ring substituents is 1. The van der Waals surface area contributed by atoms with E-state index < -0.39 is 10.8 Å². The number of aromatic nitrogens is 1. The Bertz CT molecular complexity index is 1330. The zero-order chi connectivity index (χ0) is 23.9. The van der Waals surface area contributed by atoms with E-state index in [0.717, 1.165) is 33.6 Å². The number of nitrogens with zero attached hydrogens (tertiary/aromatic N) is 3. The number of carbonyl (C=O) groups is 2. The molecule has 2 aromatic carbocycles. The maximum absolute atomic E-state index is 13.0. The van der Waals surface area contributed by atoms with Gasteiger partial charge in [0.05, 0.1) is 34.4 Å². The first-order valence-corrected chi connectivity index (χ1v) is 11.0. The van der Waals surface area contributed by atoms with Gasteiger partial charge in [-0.1, -0.05) is 11.6 Å². The molecule has 0 atom stereocenters. The Morgan fingerprint density at radius 3 is 2.42 bits per heavy atom. The smallest absolute Gasteiger partial charge is 0.298 e. The van der Waals surface area contributed by atoms with Gasteiger partial charge in [-0.25, -0.2) is 4.90 Å². The summed E-state index contributed by atoms with van der Waals surface area (Å²) in [6.45, 7) is 3.74. The summed E-state index contributed by atoms with van der Waals surface area (Å²) >= 11 is 6.77. The molecule has 2 amide bonds. The van der Waals surface area contributed by atoms with E-state index in [1.807, 2.05) is 24.5 Å². The van der Waals surface area contributed by atoms with Crippen molar-refractivity contribution in [1.29, 1.82) is 0 Å². The van der Waals surface area contributed by atoms with Crippen molar-refractivity contribution in [2.24, 2.45) is 0 Å². The number of amides is 2. The normalized spacial score (nSPS) is 14.9. The second-order valence-corrected chi connectivity index (χ2v) is 8.70. The van der Waals surface area contributed by atoms with Crippen LogP contribution in [0.3, 0.4) is 0 Å². The minimum Gasteiger partial charge on any atom is -0.494 e. The molecular weight excluding hydrogens is 466 g/mol. The van der Waals surface area contributed by atoms with Gasteiger partial charge in [0.25, 0.3) is 16.8 Å². The van der Waals surface area contributed by atoms with Gasteiger partial charge < -0.3 is 9.30 Å². The number of aryl methyl sites for hydroxylation is 1. The van der Waals surface area contributed by atoms with E-state index in [9.17, 15) is 19.7 Å². The van der Waals surface area contributed by atoms with Gasteiger partial charge in [0.15, 0.2) is 0 Å². The summed E-state index contributed by atoms with van der Waals surface area (Å²) in [6, 6.07) is 12.8. The van der Waals surface area contributed by atoms with Crippen LogP contribution in [0.15, 0.2) is 53.4 Å². The van der Waals surface area contributed by atoms with Crippen LogP contribution < -0.4 is 9.64 Å². The molecule has 33 heavy (non-hydrogen) atoms. The van der Waals surface area contributed by atoms with Gasteiger partial charge in [-0.05, 0) is 73.6 Å². The second kappa shape index (κ2) is 8.76. The molecule has 10 heteroatoms. The number of anilines is 1. The molecule has 1 aromatic heterocycles. The lowest BCUT2D eigenvalue weighted by atomic mass is 10.2. The highest BCUT2D eigenvalue weighted by Crippen LogP contribution is 2.38. The summed E-state index contributed by atoms with van der Waals surface area (Å²) < 4.78 is 7.27. The van der Waals surface area contributed by atoms with Gasteiger partial charge in [-0.15, -0.1) is 0 Å². The monoisotopic (exact) mass is 483 g/mol. The molecule has 168 valence electrons. The van der Waals surface area contributed by atoms with Gasteiger partial charge in [0, 0.05) is 22.5 Å². The molecule has 1 aliphatic rings. The highest BCUT2D eigenvalue weighted by atomic mass is 35.5. The Hall–Kier alpha value is -3.56. The molecule has 0 saturated carbocycles. The molecule has 8 nitrogen and oxygen atoms in total. The summed E-state index contributed by atoms with van der Waals surface area (Å²) in [4.78, 5) is 37.6. The Morgan fingerprint density at radius 1 is 1.09 bits per heavy atom. The average molecular weight is 484 g/mol. The molecule has 0 radical (unpaired) electrons. The van der Waals surface area contributed by atoms with Gasteiger partial charge in [-0.3, -0.25) is 19.7 Å². The number of carbonyl (C=O) groups excluding carboxylic acids is 2. The average Bonchev–Trinajstić information content (AvgIpc) is 3.22. The van der Waals surface area contributed by atoms with E-state index >= 15 is 0 Å². The first-order chi connectivity index (χ1) is 15.7. The van der Waals surface area contributed by atoms with Crippen molar-refractivity contribution in [2.75, 3.05) is 12.0 Å². The number of nitro groups is 1. The third-order valence-corrected chi connectivity index (χ3v) is 6.37. The fourth-order valence-electron chi connectivity index (χ4n) is 3.69. The van der Waals surface area contributed by atoms with Crippen LogP contribution in [0.25, 0.3) is 11.8 Å². The number of benzene rings is 2. The highest BCUT2D eigenvalue weighted by molar-refractivity contribution is 8.19. The number of methoxy groups -OCH3 is 1. The number of nitro benzene ring substituents is 1. The lowest BCUT2D eigenvalue weighted by Gasteiger charge is -2.14. The number of ether oxygens (including phenoxy) is 1. The number of rotatable bonds is 5. The van der Waals surface area contributed by atoms with Crippen LogP contribution in [0, 0.1) is 24.0 Å². The lowest BCUT2D eigenvalue weighted by Crippen LogP contribution is -2.27. The van der Waals surface area contributed by atoms with Crippen LogP contribution in [0.2, 0.25) is 5.02 Å². The topological polar surface area (TPSA) is 94.7 Å². The minimum absolute atomic E-state index is 0.0749. The van der Waals surface area contributed by atoms with E-state index in [4.69, 9.17) is 16.3 Å². The SMILES string of the molecule is COc1cc([N+](=O)[O-])ccc1-n1c(C)cc(/C=C2/SC(=O)N(c3ccc(Cl)cc3)C2=O)c1C. The van der Waals surface area contributed by atoms with E-state index in [0.29, 0.717) is 27.1 Å². The third kappa shape index (κ3) is 4.12. The van der Waals surface area contributed by atoms with Crippen molar-refractivity contribution in [2.45, 2.75) is 13.8 Å². The summed E-state index contributed by atoms with van der Waals surface area (Å²) in [5.41, 5.74) is 3.38. The zero-order valence-corrected chi connectivity index (χ0v) is 19.4. The number of hydrogen-bond donors (Lipinski definition) is 0. The van der Waals surface area contributed by atoms with Crippen molar-refractivity contribution in [1.82, 2.24) is 4.57 Å². The molecule has 2 heterocycles. The fourth-order valence-corrected chi connectivity index (χ4v) is 4.65. The van der Waals surface area contributed by atoms with Crippen molar-refractivity contribution >= 4 is 52.0 Å². The number of hydrogen-bond acceptors (Lipinski definition) is 6. The third-order valence-electron chi connectivity index (χ3n) is 5.25. The van der Waals surface area contributed by atoms with Crippen LogP contribution in [-0.2, 0) is 4.79 Å². The molecule has 1 saturated heterocycles. The maximum atomic E-state index is 13.0. The Morgan fingerprint density at radius 2 is 1.79 bits per heavy atom. The highest BCUT2D eigenvalue weighted by Gasteiger charge is 2.36. The van der Waals surface area contributed by atoms with Crippen molar-refractivity contribution in [3.63, 3.8) is 0 Å². The number of imide groups is 1. The summed E-state index contributed by atoms with van der Waals surface area (Å²) in [5, 5.41) is 11.2. The summed E-state index contributed by atoms with van der Waals surface area (Å²) in [5.74, 6) is -0.0642. The Labute approximate surface area is 198 Å². The first kappa shape index (κ1) is 22.6. The molecule has 0 N–H and O–H groups in total. The van der Waals surface area contributed by atoms with Crippen LogP contribution in [0.5, 0.6) is 5.75 Å². The molecule has 4 rings (SSSR count). The quantitative estimate of drug-likeness (QED) is 0.254. The minimum atomic E-state index is -0.482. The van der Waals surface area contributed by atoms with Crippen molar-refractivity contribution in [3.05, 3.63) is 85.5 Å². The van der Waals surface area contributed by atoms with E-state index in [2.05, 4.69) is 0 Å². The van der Waals surface area contributed by atoms with Crippen LogP contribution in [-0.4, -0.2) is 27.7 Å². The van der Waals surface area contributed by atoms with Gasteiger partial charge in [-0.2, -0.15) is 0 Å². The molecule has 0 unspecified atom stereocenters. The standard InChI is InChI=1S/C23H18ClN3O5S/c1-13-10-15(14(2)25(13)19-9-8-18(27(30)31)12-20(19)32-3)11-21-22(28)26(23(29)33-21)17-6-4-16(24)5-7-17/h4-12H,1-3H3/b21-11+. The number of halogens is 1. The molecule has 0 aliphatic carbocycles. The molecule has 1 aliphatic heterocycles. The molecule has 0 spiro atoms. The van der Waals surface area contributed by atoms with E-state index in [1.165, 1.54) is 19.2 Å². The maximum Gasteiger partial charge on any atom is 0.298 e. The van der Waals surface area contributed by atoms with Crippen LogP contribution >= 0.6 is 23.4 Å². The summed E-state index contributed by atoms with van der Waals surface area (Å²) in [6.07, 6.45) is 1.68. The van der Waals surface area contributed by atoms with Crippen molar-refractivity contribution in [3.8, 4) is 11.4 Å². The number of thioether (sulfide) groups is 1. The van der Waals surface area contributed by atoms with E-state index in [1.54, 1.807) is 36.4 Å². The largest absolute Gasteiger partial charge is 0.494 e. The van der Waals surface area contributed by atoms with Gasteiger partial charge in [0.1, 0.15) is 5.75 Å². The fraction of sp³-hybridized carbons (Fsp3) is 0.130. The molecule has 3 aromatic rings. The van der Waals surface area contributed by atoms with Crippen molar-refractivity contribution < 1.29 is 19.2 Å². The Kier molecular flexibility index (Phi) is 6.01. The first-order valence-electron chi connectivity index (χ1n) is 9.76. The van der Waals surface area contributed by atoms with Gasteiger partial charge in [0.2, 0.25) is 0 Å². The van der Waals surface area contributed by atoms with Crippen LogP contribution in [0.1, 0.15) is 17.0 Å². The predicted molar refractivity (Wildman–Crippen MR) is 128 cm³/mol. The predicted octanol–water partition coefficient (Wildman–Crippen LogP) is 5.91. The molecular formula is C23H18ClN3O5S. The van der Waals surface area contributed by atoms with Gasteiger partial charge >= 0.3 is 0 Å². The molecule has 0 bridgehead atoms. The summed E-state index contributed by atoms with van der Waals surface area (Å²) in [7, 11) is 1.45.